The summed E-state index contributed by atoms with van der Waals surface area (Å²) in [5.41, 5.74) is 2.86. The fourth-order valence-electron chi connectivity index (χ4n) is 3.64. The highest BCUT2D eigenvalue weighted by Crippen LogP contribution is 2.36. The van der Waals surface area contributed by atoms with E-state index in [1.54, 1.807) is 14.0 Å². The Labute approximate surface area is 217 Å². The molecular formula is C26H26N4O4S2. The zero-order valence-corrected chi connectivity index (χ0v) is 21.8. The number of thiophene rings is 1. The van der Waals surface area contributed by atoms with Gasteiger partial charge in [-0.15, -0.1) is 21.5 Å². The highest BCUT2D eigenvalue weighted by atomic mass is 32.2. The van der Waals surface area contributed by atoms with Gasteiger partial charge in [0, 0.05) is 23.1 Å². The van der Waals surface area contributed by atoms with E-state index in [0.29, 0.717) is 28.1 Å². The lowest BCUT2D eigenvalue weighted by molar-refractivity contribution is -0.113. The normalized spacial score (nSPS) is 10.8. The average molecular weight is 523 g/mol. The minimum atomic E-state index is -0.464. The first kappa shape index (κ1) is 25.5. The summed E-state index contributed by atoms with van der Waals surface area (Å²) in [6.45, 7) is 4.64. The number of hydrogen-bond acceptors (Lipinski definition) is 8. The summed E-state index contributed by atoms with van der Waals surface area (Å²) in [5.74, 6) is 0.830. The Kier molecular flexibility index (Phi) is 8.40. The number of methoxy groups -OCH3 is 1. The molecule has 0 aliphatic carbocycles. The number of thioether (sulfide) groups is 1. The molecule has 1 N–H and O–H groups in total. The van der Waals surface area contributed by atoms with E-state index in [-0.39, 0.29) is 18.3 Å². The van der Waals surface area contributed by atoms with Gasteiger partial charge in [0.2, 0.25) is 5.91 Å². The number of nitrogens with one attached hydrogen (secondary N) is 1. The van der Waals surface area contributed by atoms with Gasteiger partial charge in [0.25, 0.3) is 0 Å². The Balaban J connectivity index is 1.50. The number of amides is 1. The van der Waals surface area contributed by atoms with Gasteiger partial charge in [-0.2, -0.15) is 0 Å². The van der Waals surface area contributed by atoms with Gasteiger partial charge in [-0.3, -0.25) is 4.79 Å². The molecule has 0 atom stereocenters. The van der Waals surface area contributed by atoms with Gasteiger partial charge in [0.1, 0.15) is 16.3 Å². The number of nitrogens with zero attached hydrogens (tertiary/aromatic N) is 3. The van der Waals surface area contributed by atoms with Crippen molar-refractivity contribution in [3.63, 3.8) is 0 Å². The Bertz CT molecular complexity index is 1350. The monoisotopic (exact) mass is 522 g/mol. The van der Waals surface area contributed by atoms with E-state index in [4.69, 9.17) is 9.47 Å². The van der Waals surface area contributed by atoms with E-state index in [9.17, 15) is 9.59 Å². The maximum Gasteiger partial charge on any atom is 0.341 e. The topological polar surface area (TPSA) is 95.3 Å². The number of esters is 1. The lowest BCUT2D eigenvalue weighted by atomic mass is 10.0. The molecule has 0 saturated heterocycles. The summed E-state index contributed by atoms with van der Waals surface area (Å²) in [6.07, 6.45) is 0. The maximum absolute atomic E-state index is 12.9. The molecule has 4 rings (SSSR count). The van der Waals surface area contributed by atoms with Crippen LogP contribution in [0.15, 0.2) is 65.1 Å². The number of ether oxygens (including phenoxy) is 2. The molecule has 0 aliphatic heterocycles. The zero-order valence-electron chi connectivity index (χ0n) is 20.2. The third-order valence-corrected chi connectivity index (χ3v) is 7.16. The second-order valence-electron chi connectivity index (χ2n) is 7.56. The molecule has 4 aromatic rings. The van der Waals surface area contributed by atoms with Gasteiger partial charge in [0.15, 0.2) is 11.0 Å². The molecule has 36 heavy (non-hydrogen) atoms. The van der Waals surface area contributed by atoms with Crippen LogP contribution in [-0.4, -0.2) is 46.1 Å². The van der Waals surface area contributed by atoms with Crippen LogP contribution >= 0.6 is 23.1 Å². The van der Waals surface area contributed by atoms with Crippen LogP contribution in [0, 0.1) is 0 Å². The number of hydrogen-bond donors (Lipinski definition) is 1. The van der Waals surface area contributed by atoms with Gasteiger partial charge in [-0.1, -0.05) is 54.2 Å². The number of carbonyl (C=O) groups excluding carboxylic acids is 2. The minimum absolute atomic E-state index is 0.108. The fraction of sp³-hybridized carbons (Fsp3) is 0.231. The predicted molar refractivity (Wildman–Crippen MR) is 143 cm³/mol. The van der Waals surface area contributed by atoms with Gasteiger partial charge in [-0.05, 0) is 31.5 Å². The molecule has 0 bridgehead atoms. The van der Waals surface area contributed by atoms with Crippen molar-refractivity contribution in [2.75, 3.05) is 24.8 Å². The first-order valence-electron chi connectivity index (χ1n) is 11.4. The molecule has 0 unspecified atom stereocenters. The SMILES string of the molecule is CCOC(=O)c1c(-c2ccccc2)csc1NC(=O)CSc1nnc(-c2cccc(OC)c2)n1CC. The molecule has 2 aromatic carbocycles. The molecule has 2 aromatic heterocycles. The highest BCUT2D eigenvalue weighted by molar-refractivity contribution is 7.99. The summed E-state index contributed by atoms with van der Waals surface area (Å²) in [5, 5.41) is 14.5. The Morgan fingerprint density at radius 3 is 2.56 bits per heavy atom. The molecule has 0 spiro atoms. The molecule has 10 heteroatoms. The molecule has 186 valence electrons. The van der Waals surface area contributed by atoms with Crippen LogP contribution in [0.3, 0.4) is 0 Å². The standard InChI is InChI=1S/C26H26N4O4S2/c1-4-30-23(18-12-9-13-19(14-18)33-3)28-29-26(30)36-16-21(31)27-24-22(25(32)34-5-2)20(15-35-24)17-10-7-6-8-11-17/h6-15H,4-5,16H2,1-3H3,(H,27,31). The van der Waals surface area contributed by atoms with E-state index in [1.807, 2.05) is 71.5 Å². The van der Waals surface area contributed by atoms with Crippen LogP contribution in [0.25, 0.3) is 22.5 Å². The molecule has 0 fully saturated rings. The van der Waals surface area contributed by atoms with E-state index < -0.39 is 5.97 Å². The lowest BCUT2D eigenvalue weighted by Crippen LogP contribution is -2.16. The highest BCUT2D eigenvalue weighted by Gasteiger charge is 2.23. The number of carbonyl (C=O) groups is 2. The molecule has 1 amide bonds. The van der Waals surface area contributed by atoms with Crippen molar-refractivity contribution >= 4 is 40.0 Å². The van der Waals surface area contributed by atoms with Gasteiger partial charge < -0.3 is 19.4 Å². The largest absolute Gasteiger partial charge is 0.497 e. The van der Waals surface area contributed by atoms with Crippen molar-refractivity contribution in [3.8, 4) is 28.3 Å². The number of aromatic nitrogens is 3. The van der Waals surface area contributed by atoms with Crippen LogP contribution in [0.4, 0.5) is 5.00 Å². The van der Waals surface area contributed by atoms with Crippen molar-refractivity contribution in [2.45, 2.75) is 25.5 Å². The van der Waals surface area contributed by atoms with Gasteiger partial charge in [-0.25, -0.2) is 4.79 Å². The van der Waals surface area contributed by atoms with Crippen molar-refractivity contribution < 1.29 is 19.1 Å². The zero-order chi connectivity index (χ0) is 25.5. The number of anilines is 1. The van der Waals surface area contributed by atoms with Crippen LogP contribution in [0.1, 0.15) is 24.2 Å². The van der Waals surface area contributed by atoms with Crippen LogP contribution < -0.4 is 10.1 Å². The molecule has 0 saturated carbocycles. The van der Waals surface area contributed by atoms with E-state index in [0.717, 1.165) is 22.4 Å². The summed E-state index contributed by atoms with van der Waals surface area (Å²) in [7, 11) is 1.62. The maximum atomic E-state index is 12.9. The van der Waals surface area contributed by atoms with Crippen molar-refractivity contribution in [3.05, 3.63) is 65.5 Å². The number of benzene rings is 2. The van der Waals surface area contributed by atoms with Crippen LogP contribution in [0.2, 0.25) is 0 Å². The smallest absolute Gasteiger partial charge is 0.341 e. The van der Waals surface area contributed by atoms with Crippen LogP contribution in [0.5, 0.6) is 5.75 Å². The quantitative estimate of drug-likeness (QED) is 0.214. The number of rotatable bonds is 10. The lowest BCUT2D eigenvalue weighted by Gasteiger charge is -2.10. The third kappa shape index (κ3) is 5.60. The Morgan fingerprint density at radius 1 is 1.06 bits per heavy atom. The average Bonchev–Trinajstić information content (AvgIpc) is 3.52. The molecular weight excluding hydrogens is 496 g/mol. The summed E-state index contributed by atoms with van der Waals surface area (Å²) < 4.78 is 12.5. The third-order valence-electron chi connectivity index (χ3n) is 5.30. The van der Waals surface area contributed by atoms with E-state index >= 15 is 0 Å². The summed E-state index contributed by atoms with van der Waals surface area (Å²) in [4.78, 5) is 25.6. The van der Waals surface area contributed by atoms with Crippen molar-refractivity contribution in [2.24, 2.45) is 0 Å². The second-order valence-corrected chi connectivity index (χ2v) is 9.38. The molecule has 8 nitrogen and oxygen atoms in total. The summed E-state index contributed by atoms with van der Waals surface area (Å²) >= 11 is 2.59. The first-order chi connectivity index (χ1) is 17.5. The van der Waals surface area contributed by atoms with E-state index in [2.05, 4.69) is 15.5 Å². The molecule has 0 radical (unpaired) electrons. The van der Waals surface area contributed by atoms with Crippen molar-refractivity contribution in [1.82, 2.24) is 14.8 Å². The first-order valence-corrected chi connectivity index (χ1v) is 13.3. The van der Waals surface area contributed by atoms with E-state index in [1.165, 1.54) is 23.1 Å². The van der Waals surface area contributed by atoms with Crippen LogP contribution in [-0.2, 0) is 16.1 Å². The molecule has 2 heterocycles. The van der Waals surface area contributed by atoms with Gasteiger partial charge >= 0.3 is 5.97 Å². The minimum Gasteiger partial charge on any atom is -0.497 e. The molecule has 0 aliphatic rings. The predicted octanol–water partition coefficient (Wildman–Crippen LogP) is 5.61. The Morgan fingerprint density at radius 2 is 1.83 bits per heavy atom. The summed E-state index contributed by atoms with van der Waals surface area (Å²) in [6, 6.07) is 17.2. The second kappa shape index (κ2) is 11.9. The fourth-order valence-corrected chi connectivity index (χ4v) is 5.41. The van der Waals surface area contributed by atoms with Crippen molar-refractivity contribution in [1.29, 1.82) is 0 Å². The van der Waals surface area contributed by atoms with Gasteiger partial charge in [0.05, 0.1) is 19.5 Å². The Hall–Kier alpha value is -3.63.